The van der Waals surface area contributed by atoms with Gasteiger partial charge in [-0.1, -0.05) is 0 Å². The van der Waals surface area contributed by atoms with E-state index >= 15 is 0 Å². The molecule has 25 heavy (non-hydrogen) atoms. The molecule has 6 heteroatoms. The van der Waals surface area contributed by atoms with Crippen LogP contribution in [0.1, 0.15) is 46.8 Å². The Kier molecular flexibility index (Phi) is 4.99. The summed E-state index contributed by atoms with van der Waals surface area (Å²) in [6.45, 7) is 5.83. The smallest absolute Gasteiger partial charge is 0.256 e. The van der Waals surface area contributed by atoms with E-state index < -0.39 is 0 Å². The predicted octanol–water partition coefficient (Wildman–Crippen LogP) is 2.80. The number of piperidine rings is 1. The third-order valence-corrected chi connectivity index (χ3v) is 6.63. The minimum Gasteiger partial charge on any atom is -0.299 e. The van der Waals surface area contributed by atoms with Gasteiger partial charge in [0.1, 0.15) is 5.01 Å². The van der Waals surface area contributed by atoms with Crippen molar-refractivity contribution in [2.24, 2.45) is 5.92 Å². The molecular formula is C19H26N4OS. The summed E-state index contributed by atoms with van der Waals surface area (Å²) in [5.41, 5.74) is 2.20. The molecule has 2 aromatic rings. The zero-order valence-electron chi connectivity index (χ0n) is 14.9. The number of hydrogen-bond donors (Lipinski definition) is 0. The fourth-order valence-corrected chi connectivity index (χ4v) is 5.16. The van der Waals surface area contributed by atoms with E-state index in [2.05, 4.69) is 9.88 Å². The SMILES string of the molecule is Cc1cncn(CC2CCN(Cc3nc4c(s3)CCCC4)CC2)c1=O. The number of thiazole rings is 1. The molecule has 134 valence electrons. The van der Waals surface area contributed by atoms with Crippen molar-refractivity contribution in [3.63, 3.8) is 0 Å². The van der Waals surface area contributed by atoms with Crippen LogP contribution < -0.4 is 5.56 Å². The Balaban J connectivity index is 1.31. The molecular weight excluding hydrogens is 332 g/mol. The Labute approximate surface area is 152 Å². The summed E-state index contributed by atoms with van der Waals surface area (Å²) in [6.07, 6.45) is 10.7. The van der Waals surface area contributed by atoms with Gasteiger partial charge in [-0.05, 0) is 64.5 Å². The Hall–Kier alpha value is -1.53. The summed E-state index contributed by atoms with van der Waals surface area (Å²) in [5.74, 6) is 0.571. The minimum atomic E-state index is 0.103. The first kappa shape index (κ1) is 16.9. The van der Waals surface area contributed by atoms with Crippen molar-refractivity contribution >= 4 is 11.3 Å². The van der Waals surface area contributed by atoms with Gasteiger partial charge >= 0.3 is 0 Å². The molecule has 0 bridgehead atoms. The van der Waals surface area contributed by atoms with Gasteiger partial charge < -0.3 is 0 Å². The molecule has 2 aromatic heterocycles. The molecule has 5 nitrogen and oxygen atoms in total. The Morgan fingerprint density at radius 1 is 1.24 bits per heavy atom. The summed E-state index contributed by atoms with van der Waals surface area (Å²) in [7, 11) is 0. The van der Waals surface area contributed by atoms with Gasteiger partial charge in [-0.3, -0.25) is 14.3 Å². The number of rotatable bonds is 4. The van der Waals surface area contributed by atoms with Crippen LogP contribution in [0.3, 0.4) is 0 Å². The third-order valence-electron chi connectivity index (χ3n) is 5.48. The van der Waals surface area contributed by atoms with Crippen molar-refractivity contribution < 1.29 is 0 Å². The van der Waals surface area contributed by atoms with Gasteiger partial charge in [0.25, 0.3) is 5.56 Å². The van der Waals surface area contributed by atoms with Gasteiger partial charge in [-0.15, -0.1) is 11.3 Å². The molecule has 2 aliphatic rings. The van der Waals surface area contributed by atoms with Crippen molar-refractivity contribution in [2.45, 2.75) is 58.5 Å². The highest BCUT2D eigenvalue weighted by atomic mass is 32.1. The van der Waals surface area contributed by atoms with Crippen LogP contribution in [0.4, 0.5) is 0 Å². The Morgan fingerprint density at radius 2 is 2.04 bits per heavy atom. The first-order valence-electron chi connectivity index (χ1n) is 9.40. The van der Waals surface area contributed by atoms with Crippen LogP contribution in [0.25, 0.3) is 0 Å². The van der Waals surface area contributed by atoms with E-state index in [1.165, 1.54) is 41.3 Å². The maximum Gasteiger partial charge on any atom is 0.256 e. The first-order chi connectivity index (χ1) is 12.2. The highest BCUT2D eigenvalue weighted by Gasteiger charge is 2.22. The predicted molar refractivity (Wildman–Crippen MR) is 100.0 cm³/mol. The van der Waals surface area contributed by atoms with Gasteiger partial charge in [-0.25, -0.2) is 9.97 Å². The monoisotopic (exact) mass is 358 g/mol. The molecule has 1 fully saturated rings. The molecule has 1 aliphatic carbocycles. The van der Waals surface area contributed by atoms with Gasteiger partial charge in [0, 0.05) is 23.2 Å². The minimum absolute atomic E-state index is 0.103. The second kappa shape index (κ2) is 7.38. The number of aromatic nitrogens is 3. The lowest BCUT2D eigenvalue weighted by molar-refractivity contribution is 0.166. The molecule has 0 unspecified atom stereocenters. The van der Waals surface area contributed by atoms with E-state index in [9.17, 15) is 4.79 Å². The van der Waals surface area contributed by atoms with Crippen LogP contribution in [-0.4, -0.2) is 32.5 Å². The van der Waals surface area contributed by atoms with Crippen LogP contribution in [0, 0.1) is 12.8 Å². The number of nitrogens with zero attached hydrogens (tertiary/aromatic N) is 4. The second-order valence-corrected chi connectivity index (χ2v) is 8.61. The number of likely N-dealkylation sites (tertiary alicyclic amines) is 1. The number of fused-ring (bicyclic) bond motifs is 1. The van der Waals surface area contributed by atoms with E-state index in [4.69, 9.17) is 4.98 Å². The number of aryl methyl sites for hydroxylation is 3. The van der Waals surface area contributed by atoms with Gasteiger partial charge in [-0.2, -0.15) is 0 Å². The average molecular weight is 359 g/mol. The van der Waals surface area contributed by atoms with Crippen molar-refractivity contribution in [1.82, 2.24) is 19.4 Å². The van der Waals surface area contributed by atoms with E-state index in [0.717, 1.165) is 44.6 Å². The van der Waals surface area contributed by atoms with E-state index in [0.29, 0.717) is 5.92 Å². The van der Waals surface area contributed by atoms with Gasteiger partial charge in [0.2, 0.25) is 0 Å². The third kappa shape index (κ3) is 3.85. The zero-order chi connectivity index (χ0) is 17.2. The van der Waals surface area contributed by atoms with Crippen LogP contribution in [-0.2, 0) is 25.9 Å². The average Bonchev–Trinajstić information content (AvgIpc) is 3.03. The Bertz CT molecular complexity index is 765. The zero-order valence-corrected chi connectivity index (χ0v) is 15.7. The molecule has 0 aromatic carbocycles. The fraction of sp³-hybridized carbons (Fsp3) is 0.632. The number of hydrogen-bond acceptors (Lipinski definition) is 5. The van der Waals surface area contributed by atoms with Gasteiger partial charge in [0.15, 0.2) is 0 Å². The molecule has 0 atom stereocenters. The standard InChI is InChI=1S/C19H26N4OS/c1-14-10-20-13-23(19(14)24)11-15-6-8-22(9-7-15)12-18-21-16-4-2-3-5-17(16)25-18/h10,13,15H,2-9,11-12H2,1H3. The lowest BCUT2D eigenvalue weighted by Gasteiger charge is -2.31. The molecule has 0 saturated carbocycles. The highest BCUT2D eigenvalue weighted by Crippen LogP contribution is 2.28. The molecule has 4 rings (SSSR count). The summed E-state index contributed by atoms with van der Waals surface area (Å²) in [5, 5.41) is 1.30. The first-order valence-corrected chi connectivity index (χ1v) is 10.2. The second-order valence-electron chi connectivity index (χ2n) is 7.44. The Morgan fingerprint density at radius 3 is 2.84 bits per heavy atom. The molecule has 1 aliphatic heterocycles. The van der Waals surface area contributed by atoms with E-state index in [1.54, 1.807) is 17.1 Å². The molecule has 0 N–H and O–H groups in total. The van der Waals surface area contributed by atoms with Crippen molar-refractivity contribution in [2.75, 3.05) is 13.1 Å². The normalized spacial score (nSPS) is 19.1. The quantitative estimate of drug-likeness (QED) is 0.843. The van der Waals surface area contributed by atoms with E-state index in [-0.39, 0.29) is 5.56 Å². The maximum absolute atomic E-state index is 12.1. The van der Waals surface area contributed by atoms with Crippen LogP contribution >= 0.6 is 11.3 Å². The summed E-state index contributed by atoms with van der Waals surface area (Å²) in [6, 6.07) is 0. The van der Waals surface area contributed by atoms with Crippen molar-refractivity contribution in [1.29, 1.82) is 0 Å². The topological polar surface area (TPSA) is 51.0 Å². The molecule has 0 amide bonds. The largest absolute Gasteiger partial charge is 0.299 e. The van der Waals surface area contributed by atoms with Crippen LogP contribution in [0.2, 0.25) is 0 Å². The van der Waals surface area contributed by atoms with Gasteiger partial charge in [0.05, 0.1) is 18.6 Å². The lowest BCUT2D eigenvalue weighted by Crippen LogP contribution is -2.36. The molecule has 3 heterocycles. The summed E-state index contributed by atoms with van der Waals surface area (Å²) in [4.78, 5) is 25.2. The van der Waals surface area contributed by atoms with E-state index in [1.807, 2.05) is 18.3 Å². The highest BCUT2D eigenvalue weighted by molar-refractivity contribution is 7.11. The maximum atomic E-state index is 12.1. The van der Waals surface area contributed by atoms with Crippen molar-refractivity contribution in [3.8, 4) is 0 Å². The fourth-order valence-electron chi connectivity index (χ4n) is 3.96. The van der Waals surface area contributed by atoms with Crippen LogP contribution in [0.5, 0.6) is 0 Å². The molecule has 0 spiro atoms. The van der Waals surface area contributed by atoms with Crippen molar-refractivity contribution in [3.05, 3.63) is 44.0 Å². The molecule has 0 radical (unpaired) electrons. The van der Waals surface area contributed by atoms with Crippen LogP contribution in [0.15, 0.2) is 17.3 Å². The summed E-state index contributed by atoms with van der Waals surface area (Å²) >= 11 is 1.93. The summed E-state index contributed by atoms with van der Waals surface area (Å²) < 4.78 is 1.78. The molecule has 1 saturated heterocycles. The lowest BCUT2D eigenvalue weighted by atomic mass is 9.96.